The Morgan fingerprint density at radius 2 is 2.39 bits per heavy atom. The summed E-state index contributed by atoms with van der Waals surface area (Å²) in [5.74, 6) is 0.537. The lowest BCUT2D eigenvalue weighted by molar-refractivity contribution is 0.175. The first-order chi connectivity index (χ1) is 8.65. The van der Waals surface area contributed by atoms with Crippen molar-refractivity contribution in [3.8, 4) is 0 Å². The fourth-order valence-electron chi connectivity index (χ4n) is 2.58. The summed E-state index contributed by atoms with van der Waals surface area (Å²) in [5.41, 5.74) is 1.25. The zero-order valence-corrected chi connectivity index (χ0v) is 12.9. The average molecular weight is 316 g/mol. The topological polar surface area (TPSA) is 39.1 Å². The molecule has 102 valence electrons. The highest BCUT2D eigenvalue weighted by atomic mass is 79.9. The molecular formula is C13H22BrN3O. The van der Waals surface area contributed by atoms with E-state index in [4.69, 9.17) is 4.74 Å². The first-order valence-electron chi connectivity index (χ1n) is 6.69. The van der Waals surface area contributed by atoms with Crippen molar-refractivity contribution in [1.82, 2.24) is 15.1 Å². The van der Waals surface area contributed by atoms with E-state index in [0.717, 1.165) is 30.7 Å². The van der Waals surface area contributed by atoms with Crippen molar-refractivity contribution in [2.75, 3.05) is 19.8 Å². The van der Waals surface area contributed by atoms with Gasteiger partial charge in [-0.25, -0.2) is 0 Å². The van der Waals surface area contributed by atoms with Crippen molar-refractivity contribution in [2.24, 2.45) is 5.92 Å². The van der Waals surface area contributed by atoms with E-state index in [1.165, 1.54) is 5.69 Å². The van der Waals surface area contributed by atoms with Crippen LogP contribution in [0, 0.1) is 5.92 Å². The largest absolute Gasteiger partial charge is 0.381 e. The molecule has 1 aliphatic rings. The predicted molar refractivity (Wildman–Crippen MR) is 75.7 cm³/mol. The van der Waals surface area contributed by atoms with Crippen molar-refractivity contribution < 1.29 is 4.74 Å². The van der Waals surface area contributed by atoms with Crippen molar-refractivity contribution >= 4 is 15.9 Å². The van der Waals surface area contributed by atoms with Gasteiger partial charge in [0.15, 0.2) is 0 Å². The fourth-order valence-corrected chi connectivity index (χ4v) is 3.10. The molecule has 1 N–H and O–H groups in total. The third-order valence-electron chi connectivity index (χ3n) is 3.43. The van der Waals surface area contributed by atoms with Gasteiger partial charge in [0.2, 0.25) is 0 Å². The highest BCUT2D eigenvalue weighted by Gasteiger charge is 2.31. The number of hydrogen-bond donors (Lipinski definition) is 1. The standard InChI is InChI=1S/C13H22BrN3O/c1-4-15-12(10-5-6-18-8-10)13-11(14)7-16-17(13)9(2)3/h7,9-10,12,15H,4-6,8H2,1-3H3. The zero-order valence-electron chi connectivity index (χ0n) is 11.3. The average Bonchev–Trinajstić information content (AvgIpc) is 2.95. The van der Waals surface area contributed by atoms with Gasteiger partial charge in [-0.2, -0.15) is 5.10 Å². The molecule has 1 saturated heterocycles. The van der Waals surface area contributed by atoms with Gasteiger partial charge in [0, 0.05) is 18.6 Å². The predicted octanol–water partition coefficient (Wildman–Crippen LogP) is 2.91. The van der Waals surface area contributed by atoms with E-state index < -0.39 is 0 Å². The molecular weight excluding hydrogens is 294 g/mol. The molecule has 2 rings (SSSR count). The minimum Gasteiger partial charge on any atom is -0.381 e. The number of hydrogen-bond acceptors (Lipinski definition) is 3. The van der Waals surface area contributed by atoms with E-state index in [9.17, 15) is 0 Å². The second-order valence-electron chi connectivity index (χ2n) is 5.08. The van der Waals surface area contributed by atoms with Crippen molar-refractivity contribution in [1.29, 1.82) is 0 Å². The Balaban J connectivity index is 2.31. The Morgan fingerprint density at radius 1 is 1.61 bits per heavy atom. The molecule has 1 aliphatic heterocycles. The summed E-state index contributed by atoms with van der Waals surface area (Å²) in [5, 5.41) is 8.07. The van der Waals surface area contributed by atoms with Gasteiger partial charge in [0.1, 0.15) is 0 Å². The molecule has 0 spiro atoms. The second kappa shape index (κ2) is 6.17. The van der Waals surface area contributed by atoms with Crippen LogP contribution in [-0.2, 0) is 4.74 Å². The molecule has 0 aliphatic carbocycles. The maximum absolute atomic E-state index is 5.54. The minimum atomic E-state index is 0.316. The zero-order chi connectivity index (χ0) is 13.1. The highest BCUT2D eigenvalue weighted by Crippen LogP contribution is 2.34. The Kier molecular flexibility index (Phi) is 4.81. The first-order valence-corrected chi connectivity index (χ1v) is 7.48. The van der Waals surface area contributed by atoms with Gasteiger partial charge in [-0.15, -0.1) is 0 Å². The van der Waals surface area contributed by atoms with Gasteiger partial charge < -0.3 is 10.1 Å². The molecule has 0 radical (unpaired) electrons. The summed E-state index contributed by atoms with van der Waals surface area (Å²) < 4.78 is 8.74. The molecule has 0 amide bonds. The molecule has 1 aromatic rings. The molecule has 5 heteroatoms. The molecule has 18 heavy (non-hydrogen) atoms. The third kappa shape index (κ3) is 2.78. The monoisotopic (exact) mass is 315 g/mol. The molecule has 0 aromatic carbocycles. The summed E-state index contributed by atoms with van der Waals surface area (Å²) in [6, 6.07) is 0.687. The molecule has 2 unspecified atom stereocenters. The Bertz CT molecular complexity index is 386. The highest BCUT2D eigenvalue weighted by molar-refractivity contribution is 9.10. The maximum Gasteiger partial charge on any atom is 0.0702 e. The lowest BCUT2D eigenvalue weighted by Crippen LogP contribution is -2.31. The van der Waals surface area contributed by atoms with E-state index >= 15 is 0 Å². The molecule has 1 fully saturated rings. The van der Waals surface area contributed by atoms with Crippen molar-refractivity contribution in [3.63, 3.8) is 0 Å². The van der Waals surface area contributed by atoms with Crippen LogP contribution in [0.2, 0.25) is 0 Å². The van der Waals surface area contributed by atoms with Gasteiger partial charge in [-0.3, -0.25) is 4.68 Å². The third-order valence-corrected chi connectivity index (χ3v) is 4.04. The van der Waals surface area contributed by atoms with Crippen LogP contribution in [0.3, 0.4) is 0 Å². The summed E-state index contributed by atoms with van der Waals surface area (Å²) in [4.78, 5) is 0. The van der Waals surface area contributed by atoms with E-state index in [1.54, 1.807) is 0 Å². The van der Waals surface area contributed by atoms with Crippen LogP contribution in [0.25, 0.3) is 0 Å². The fraction of sp³-hybridized carbons (Fsp3) is 0.769. The van der Waals surface area contributed by atoms with Crippen LogP contribution in [0.1, 0.15) is 45.0 Å². The smallest absolute Gasteiger partial charge is 0.0702 e. The van der Waals surface area contributed by atoms with E-state index in [1.807, 2.05) is 6.20 Å². The first kappa shape index (κ1) is 14.0. The normalized spacial score (nSPS) is 21.7. The Labute approximate surface area is 117 Å². The SMILES string of the molecule is CCNC(c1c(Br)cnn1C(C)C)C1CCOC1. The number of nitrogens with zero attached hydrogens (tertiary/aromatic N) is 2. The van der Waals surface area contributed by atoms with Crippen LogP contribution in [0.5, 0.6) is 0 Å². The molecule has 4 nitrogen and oxygen atoms in total. The van der Waals surface area contributed by atoms with Gasteiger partial charge in [0.05, 0.1) is 29.0 Å². The molecule has 1 aromatic heterocycles. The lowest BCUT2D eigenvalue weighted by atomic mass is 9.96. The quantitative estimate of drug-likeness (QED) is 0.908. The molecule has 2 heterocycles. The summed E-state index contributed by atoms with van der Waals surface area (Å²) >= 11 is 3.64. The molecule has 0 saturated carbocycles. The van der Waals surface area contributed by atoms with Crippen molar-refractivity contribution in [2.45, 2.75) is 39.3 Å². The minimum absolute atomic E-state index is 0.316. The number of ether oxygens (including phenoxy) is 1. The van der Waals surface area contributed by atoms with Gasteiger partial charge in [-0.1, -0.05) is 6.92 Å². The van der Waals surface area contributed by atoms with Crippen LogP contribution < -0.4 is 5.32 Å². The van der Waals surface area contributed by atoms with Gasteiger partial charge in [0.25, 0.3) is 0 Å². The van der Waals surface area contributed by atoms with Crippen LogP contribution >= 0.6 is 15.9 Å². The van der Waals surface area contributed by atoms with E-state index in [0.29, 0.717) is 18.0 Å². The number of halogens is 1. The maximum atomic E-state index is 5.54. The Hall–Kier alpha value is -0.390. The summed E-state index contributed by atoms with van der Waals surface area (Å²) in [6.07, 6.45) is 3.02. The summed E-state index contributed by atoms with van der Waals surface area (Å²) in [7, 11) is 0. The van der Waals surface area contributed by atoms with Gasteiger partial charge in [-0.05, 0) is 42.7 Å². The second-order valence-corrected chi connectivity index (χ2v) is 5.93. The van der Waals surface area contributed by atoms with E-state index in [2.05, 4.69) is 51.8 Å². The number of nitrogens with one attached hydrogen (secondary N) is 1. The van der Waals surface area contributed by atoms with Crippen molar-refractivity contribution in [3.05, 3.63) is 16.4 Å². The van der Waals surface area contributed by atoms with E-state index in [-0.39, 0.29) is 0 Å². The molecule has 2 atom stereocenters. The Morgan fingerprint density at radius 3 is 2.94 bits per heavy atom. The van der Waals surface area contributed by atoms with Crippen LogP contribution in [-0.4, -0.2) is 29.5 Å². The lowest BCUT2D eigenvalue weighted by Gasteiger charge is -2.26. The molecule has 0 bridgehead atoms. The van der Waals surface area contributed by atoms with Crippen LogP contribution in [0.4, 0.5) is 0 Å². The summed E-state index contributed by atoms with van der Waals surface area (Å²) in [6.45, 7) is 9.14. The number of aromatic nitrogens is 2. The van der Waals surface area contributed by atoms with Crippen LogP contribution in [0.15, 0.2) is 10.7 Å². The van der Waals surface area contributed by atoms with Gasteiger partial charge >= 0.3 is 0 Å². The number of rotatable bonds is 5.